The van der Waals surface area contributed by atoms with Gasteiger partial charge >= 0.3 is 5.97 Å². The zero-order valence-electron chi connectivity index (χ0n) is 12.6. The van der Waals surface area contributed by atoms with E-state index >= 15 is 0 Å². The van der Waals surface area contributed by atoms with Gasteiger partial charge in [0.2, 0.25) is 6.29 Å². The molecule has 0 saturated carbocycles. The van der Waals surface area contributed by atoms with Crippen molar-refractivity contribution in [3.8, 4) is 0 Å². The van der Waals surface area contributed by atoms with Gasteiger partial charge in [-0.25, -0.2) is 4.99 Å². The highest BCUT2D eigenvalue weighted by molar-refractivity contribution is 5.72. The predicted molar refractivity (Wildman–Crippen MR) is 71.3 cm³/mol. The van der Waals surface area contributed by atoms with Crippen molar-refractivity contribution in [2.24, 2.45) is 10.9 Å². The van der Waals surface area contributed by atoms with Crippen LogP contribution in [0.15, 0.2) is 4.99 Å². The van der Waals surface area contributed by atoms with Gasteiger partial charge < -0.3 is 28.8 Å². The number of aliphatic carboxylic acids is 1. The fourth-order valence-corrected chi connectivity index (χ4v) is 3.78. The van der Waals surface area contributed by atoms with Crippen LogP contribution in [0.5, 0.6) is 0 Å². The van der Waals surface area contributed by atoms with Crippen LogP contribution in [0.2, 0.25) is 0 Å². The summed E-state index contributed by atoms with van der Waals surface area (Å²) in [5.74, 6) is -2.54. The summed E-state index contributed by atoms with van der Waals surface area (Å²) in [6, 6.07) is -0.241. The second-order valence-corrected chi connectivity index (χ2v) is 6.62. The van der Waals surface area contributed by atoms with Crippen molar-refractivity contribution in [3.63, 3.8) is 0 Å². The van der Waals surface area contributed by atoms with E-state index in [1.165, 1.54) is 6.40 Å². The Hall–Kier alpha value is -1.22. The summed E-state index contributed by atoms with van der Waals surface area (Å²) in [6.45, 7) is 5.45. The van der Waals surface area contributed by atoms with Crippen LogP contribution in [0, 0.1) is 5.92 Å². The molecule has 0 amide bonds. The Morgan fingerprint density at radius 3 is 2.82 bits per heavy atom. The number of rotatable bonds is 3. The molecule has 4 aliphatic heterocycles. The van der Waals surface area contributed by atoms with Crippen LogP contribution in [0.3, 0.4) is 0 Å². The van der Waals surface area contributed by atoms with Crippen molar-refractivity contribution >= 4 is 12.4 Å². The third-order valence-electron chi connectivity index (χ3n) is 4.97. The van der Waals surface area contributed by atoms with Gasteiger partial charge in [-0.1, -0.05) is 0 Å². The number of nitrogens with zero attached hydrogens (tertiary/aromatic N) is 1. The van der Waals surface area contributed by atoms with E-state index in [0.29, 0.717) is 0 Å². The van der Waals surface area contributed by atoms with Crippen molar-refractivity contribution in [1.82, 2.24) is 0 Å². The molecule has 8 heteroatoms. The zero-order valence-corrected chi connectivity index (χ0v) is 12.6. The predicted octanol–water partition coefficient (Wildman–Crippen LogP) is 0.148. The van der Waals surface area contributed by atoms with E-state index in [4.69, 9.17) is 23.7 Å². The minimum absolute atomic E-state index is 0.241. The van der Waals surface area contributed by atoms with Crippen LogP contribution in [0.4, 0.5) is 0 Å². The molecule has 122 valence electrons. The average Bonchev–Trinajstić information content (AvgIpc) is 3.07. The van der Waals surface area contributed by atoms with Gasteiger partial charge in [0.25, 0.3) is 0 Å². The number of fused-ring (bicyclic) bond motifs is 3. The molecular weight excluding hydrogens is 294 g/mol. The van der Waals surface area contributed by atoms with Crippen LogP contribution < -0.4 is 0 Å². The summed E-state index contributed by atoms with van der Waals surface area (Å²) in [5.41, 5.74) is -1.09. The van der Waals surface area contributed by atoms with Gasteiger partial charge in [-0.05, 0) is 20.8 Å². The van der Waals surface area contributed by atoms with Crippen LogP contribution in [-0.4, -0.2) is 66.1 Å². The highest BCUT2D eigenvalue weighted by Gasteiger charge is 2.73. The van der Waals surface area contributed by atoms with Crippen molar-refractivity contribution in [3.05, 3.63) is 0 Å². The van der Waals surface area contributed by atoms with Crippen LogP contribution in [0.1, 0.15) is 20.8 Å². The van der Waals surface area contributed by atoms with Crippen molar-refractivity contribution in [2.75, 3.05) is 6.61 Å². The fourth-order valence-electron chi connectivity index (χ4n) is 3.78. The number of carboxylic acid groups (broad SMARTS) is 1. The molecule has 0 spiro atoms. The van der Waals surface area contributed by atoms with Crippen LogP contribution >= 0.6 is 0 Å². The Morgan fingerprint density at radius 1 is 1.41 bits per heavy atom. The fraction of sp³-hybridized carbons (Fsp3) is 0.857. The van der Waals surface area contributed by atoms with Gasteiger partial charge in [-0.2, -0.15) is 0 Å². The topological polar surface area (TPSA) is 95.8 Å². The first-order valence-electron chi connectivity index (χ1n) is 7.40. The molecule has 0 aliphatic carbocycles. The summed E-state index contributed by atoms with van der Waals surface area (Å²) in [5, 5.41) is 9.50. The van der Waals surface area contributed by atoms with Gasteiger partial charge in [0.15, 0.2) is 12.2 Å². The molecule has 8 nitrogen and oxygen atoms in total. The molecule has 0 aromatic heterocycles. The number of carboxylic acids is 1. The SMILES string of the molecule is CC(C(=O)O)C1(C2COC(C)(C)O2)O[C@H]2C3N=CO[C@H]3O[C@@H]21. The number of ether oxygens (including phenoxy) is 5. The maximum absolute atomic E-state index is 11.6. The largest absolute Gasteiger partial charge is 0.481 e. The molecule has 4 aliphatic rings. The second-order valence-electron chi connectivity index (χ2n) is 6.62. The van der Waals surface area contributed by atoms with Gasteiger partial charge in [0.05, 0.1) is 12.5 Å². The molecule has 0 aromatic rings. The molecular formula is C14H19NO7. The smallest absolute Gasteiger partial charge is 0.309 e. The number of carbonyl (C=O) groups is 1. The molecule has 3 fully saturated rings. The summed E-state index contributed by atoms with van der Waals surface area (Å²) < 4.78 is 28.7. The maximum Gasteiger partial charge on any atom is 0.309 e. The first-order chi connectivity index (χ1) is 10.3. The molecule has 4 heterocycles. The Kier molecular flexibility index (Phi) is 2.88. The Morgan fingerprint density at radius 2 is 2.18 bits per heavy atom. The lowest BCUT2D eigenvalue weighted by Crippen LogP contribution is -2.74. The molecule has 0 bridgehead atoms. The number of hydrogen-bond acceptors (Lipinski definition) is 7. The third-order valence-corrected chi connectivity index (χ3v) is 4.97. The lowest BCUT2D eigenvalue weighted by molar-refractivity contribution is -0.334. The summed E-state index contributed by atoms with van der Waals surface area (Å²) >= 11 is 0. The minimum Gasteiger partial charge on any atom is -0.481 e. The Labute approximate surface area is 127 Å². The van der Waals surface area contributed by atoms with Crippen LogP contribution in [-0.2, 0) is 28.5 Å². The van der Waals surface area contributed by atoms with Crippen LogP contribution in [0.25, 0.3) is 0 Å². The molecule has 3 saturated heterocycles. The van der Waals surface area contributed by atoms with Gasteiger partial charge in [-0.15, -0.1) is 0 Å². The molecule has 4 unspecified atom stereocenters. The van der Waals surface area contributed by atoms with E-state index in [1.54, 1.807) is 20.8 Å². The van der Waals surface area contributed by atoms with Gasteiger partial charge in [0.1, 0.15) is 30.0 Å². The van der Waals surface area contributed by atoms with Gasteiger partial charge in [0, 0.05) is 0 Å². The van der Waals surface area contributed by atoms with E-state index < -0.39 is 41.8 Å². The Balaban J connectivity index is 1.65. The standard InChI is InChI=1S/C14H19NO7/c1-6(11(16)17)14(7-4-19-13(2,3)21-7)10-9(22-14)8-12(20-10)18-5-15-8/h5-10,12H,4H2,1-3H3,(H,16,17)/t6?,7?,8?,9-,10-,12-,14?/m0/s1. The molecule has 0 radical (unpaired) electrons. The average molecular weight is 313 g/mol. The van der Waals surface area contributed by atoms with E-state index in [0.717, 1.165) is 0 Å². The molecule has 7 atom stereocenters. The van der Waals surface area contributed by atoms with Crippen molar-refractivity contribution in [2.45, 2.75) is 62.8 Å². The van der Waals surface area contributed by atoms with E-state index in [9.17, 15) is 9.90 Å². The Bertz CT molecular complexity index is 535. The highest BCUT2D eigenvalue weighted by atomic mass is 16.8. The second kappa shape index (κ2) is 4.41. The summed E-state index contributed by atoms with van der Waals surface area (Å²) in [4.78, 5) is 15.8. The van der Waals surface area contributed by atoms with E-state index in [-0.39, 0.29) is 18.8 Å². The molecule has 1 N–H and O–H groups in total. The molecule has 0 aromatic carbocycles. The van der Waals surface area contributed by atoms with E-state index in [1.807, 2.05) is 0 Å². The maximum atomic E-state index is 11.6. The first kappa shape index (κ1) is 14.4. The highest BCUT2D eigenvalue weighted by Crippen LogP contribution is 2.53. The number of hydrogen-bond donors (Lipinski definition) is 1. The van der Waals surface area contributed by atoms with Crippen molar-refractivity contribution in [1.29, 1.82) is 0 Å². The monoisotopic (exact) mass is 313 g/mol. The van der Waals surface area contributed by atoms with Gasteiger partial charge in [-0.3, -0.25) is 4.79 Å². The third kappa shape index (κ3) is 1.72. The zero-order chi connectivity index (χ0) is 15.7. The normalized spacial score (nSPS) is 49.1. The quantitative estimate of drug-likeness (QED) is 0.792. The summed E-state index contributed by atoms with van der Waals surface area (Å²) in [6.07, 6.45) is -0.411. The lowest BCUT2D eigenvalue weighted by Gasteiger charge is -2.55. The number of aliphatic imine (C=N–C) groups is 1. The van der Waals surface area contributed by atoms with Crippen molar-refractivity contribution < 1.29 is 33.6 Å². The first-order valence-corrected chi connectivity index (χ1v) is 7.40. The molecule has 4 rings (SSSR count). The molecule has 22 heavy (non-hydrogen) atoms. The van der Waals surface area contributed by atoms with E-state index in [2.05, 4.69) is 4.99 Å². The minimum atomic E-state index is -1.09. The summed E-state index contributed by atoms with van der Waals surface area (Å²) in [7, 11) is 0. The lowest BCUT2D eigenvalue weighted by atomic mass is 9.71.